The lowest BCUT2D eigenvalue weighted by atomic mass is 9.99. The van der Waals surface area contributed by atoms with E-state index in [2.05, 4.69) is 74.7 Å². The SMILES string of the molecule is CCCC(S)CSCC(CSCC(S)CCC)(CSCC(S)CCC)CSCC(S)CCC. The molecule has 0 nitrogen and oxygen atoms in total. The number of rotatable bonds is 24. The zero-order chi connectivity index (χ0) is 25.0. The molecule has 0 spiro atoms. The van der Waals surface area contributed by atoms with Crippen LogP contribution in [0.25, 0.3) is 0 Å². The van der Waals surface area contributed by atoms with Crippen LogP contribution in [0.5, 0.6) is 0 Å². The second-order valence-corrected chi connectivity index (χ2v) is 16.4. The molecular weight excluding hydrogens is 557 g/mol. The Balaban J connectivity index is 5.17. The molecule has 0 heterocycles. The van der Waals surface area contributed by atoms with Gasteiger partial charge in [-0.1, -0.05) is 53.4 Å². The van der Waals surface area contributed by atoms with Crippen LogP contribution >= 0.6 is 97.6 Å². The minimum absolute atomic E-state index is 0.351. The first kappa shape index (κ1) is 35.8. The van der Waals surface area contributed by atoms with Crippen molar-refractivity contribution in [1.29, 1.82) is 0 Å². The highest BCUT2D eigenvalue weighted by atomic mass is 32.2. The maximum Gasteiger partial charge on any atom is 0.0107 e. The Morgan fingerprint density at radius 1 is 0.455 bits per heavy atom. The molecule has 0 aromatic heterocycles. The smallest absolute Gasteiger partial charge is 0.0107 e. The van der Waals surface area contributed by atoms with Crippen LogP contribution in [0.4, 0.5) is 0 Å². The van der Waals surface area contributed by atoms with Crippen molar-refractivity contribution in [2.24, 2.45) is 5.41 Å². The van der Waals surface area contributed by atoms with E-state index in [1.54, 1.807) is 0 Å². The summed E-state index contributed by atoms with van der Waals surface area (Å²) in [4.78, 5) is 0. The molecule has 200 valence electrons. The standard InChI is InChI=1S/C25H52S8/c1-5-9-21(26)13-30-17-25(18-31-14-22(27)10-6-2,19-32-15-23(28)11-7-3)20-33-16-24(29)12-8-4/h21-24,26-29H,5-20H2,1-4H3. The minimum atomic E-state index is 0.351. The van der Waals surface area contributed by atoms with Gasteiger partial charge in [-0.25, -0.2) is 0 Å². The van der Waals surface area contributed by atoms with Crippen LogP contribution in [0.3, 0.4) is 0 Å². The van der Waals surface area contributed by atoms with Crippen molar-refractivity contribution >= 4 is 97.6 Å². The van der Waals surface area contributed by atoms with Gasteiger partial charge in [0.05, 0.1) is 0 Å². The van der Waals surface area contributed by atoms with Crippen LogP contribution in [0.15, 0.2) is 0 Å². The molecule has 0 N–H and O–H groups in total. The number of hydrogen-bond acceptors (Lipinski definition) is 8. The Kier molecular flexibility index (Phi) is 25.9. The van der Waals surface area contributed by atoms with Crippen LogP contribution in [-0.2, 0) is 0 Å². The summed E-state index contributed by atoms with van der Waals surface area (Å²) in [6.07, 6.45) is 9.78. The number of thioether (sulfide) groups is 4. The molecule has 4 atom stereocenters. The molecule has 0 fully saturated rings. The van der Waals surface area contributed by atoms with E-state index in [4.69, 9.17) is 50.5 Å². The zero-order valence-electron chi connectivity index (χ0n) is 21.5. The van der Waals surface area contributed by atoms with Crippen molar-refractivity contribution in [1.82, 2.24) is 0 Å². The van der Waals surface area contributed by atoms with Gasteiger partial charge in [0.2, 0.25) is 0 Å². The molecule has 0 aromatic rings. The summed E-state index contributed by atoms with van der Waals surface area (Å²) in [5.41, 5.74) is 0.351. The van der Waals surface area contributed by atoms with Crippen LogP contribution in [0, 0.1) is 5.41 Å². The predicted octanol–water partition coefficient (Wildman–Crippen LogP) is 9.30. The molecule has 0 bridgehead atoms. The fourth-order valence-electron chi connectivity index (χ4n) is 3.56. The van der Waals surface area contributed by atoms with E-state index < -0.39 is 0 Å². The highest BCUT2D eigenvalue weighted by Crippen LogP contribution is 2.37. The highest BCUT2D eigenvalue weighted by molar-refractivity contribution is 8.02. The Morgan fingerprint density at radius 2 is 0.667 bits per heavy atom. The molecule has 0 saturated carbocycles. The van der Waals surface area contributed by atoms with E-state index in [9.17, 15) is 0 Å². The number of thiol groups is 4. The maximum atomic E-state index is 4.84. The van der Waals surface area contributed by atoms with Gasteiger partial charge < -0.3 is 0 Å². The van der Waals surface area contributed by atoms with Gasteiger partial charge in [-0.2, -0.15) is 97.6 Å². The predicted molar refractivity (Wildman–Crippen MR) is 182 cm³/mol. The van der Waals surface area contributed by atoms with Gasteiger partial charge in [0, 0.05) is 72.4 Å². The molecule has 0 rings (SSSR count). The Bertz CT molecular complexity index is 346. The van der Waals surface area contributed by atoms with Gasteiger partial charge in [-0.3, -0.25) is 0 Å². The van der Waals surface area contributed by atoms with E-state index in [0.717, 1.165) is 0 Å². The Labute approximate surface area is 247 Å². The monoisotopic (exact) mass is 608 g/mol. The van der Waals surface area contributed by atoms with Crippen molar-refractivity contribution in [3.05, 3.63) is 0 Å². The molecule has 4 unspecified atom stereocenters. The average Bonchev–Trinajstić information content (AvgIpc) is 2.74. The van der Waals surface area contributed by atoms with Gasteiger partial charge >= 0.3 is 0 Å². The largest absolute Gasteiger partial charge is 0.175 e. The van der Waals surface area contributed by atoms with Crippen LogP contribution in [0.1, 0.15) is 79.1 Å². The first-order valence-corrected chi connectivity index (χ1v) is 19.5. The molecule has 0 amide bonds. The Morgan fingerprint density at radius 3 is 0.848 bits per heavy atom. The van der Waals surface area contributed by atoms with Crippen molar-refractivity contribution in [2.45, 2.75) is 100 Å². The lowest BCUT2D eigenvalue weighted by Crippen LogP contribution is -2.35. The summed E-state index contributed by atoms with van der Waals surface area (Å²) in [5, 5.41) is 2.09. The molecule has 33 heavy (non-hydrogen) atoms. The summed E-state index contributed by atoms with van der Waals surface area (Å²) < 4.78 is 0. The highest BCUT2D eigenvalue weighted by Gasteiger charge is 2.31. The summed E-state index contributed by atoms with van der Waals surface area (Å²) in [6.45, 7) is 9.06. The molecule has 0 aliphatic rings. The minimum Gasteiger partial charge on any atom is -0.175 e. The topological polar surface area (TPSA) is 0 Å². The second-order valence-electron chi connectivity index (χ2n) is 9.33. The quantitative estimate of drug-likeness (QED) is 0.0806. The van der Waals surface area contributed by atoms with Crippen molar-refractivity contribution in [3.8, 4) is 0 Å². The first-order valence-electron chi connectivity index (χ1n) is 12.9. The van der Waals surface area contributed by atoms with Gasteiger partial charge in [0.15, 0.2) is 0 Å². The Hall–Kier alpha value is 2.80. The van der Waals surface area contributed by atoms with E-state index in [1.165, 1.54) is 97.4 Å². The van der Waals surface area contributed by atoms with Crippen LogP contribution < -0.4 is 0 Å². The summed E-state index contributed by atoms with van der Waals surface area (Å²) in [7, 11) is 0. The van der Waals surface area contributed by atoms with Gasteiger partial charge in [0.25, 0.3) is 0 Å². The third-order valence-corrected chi connectivity index (χ3v) is 13.9. The third-order valence-electron chi connectivity index (χ3n) is 5.36. The second kappa shape index (κ2) is 23.9. The normalized spacial score (nSPS) is 17.5. The van der Waals surface area contributed by atoms with Crippen LogP contribution in [-0.4, -0.2) is 67.0 Å². The van der Waals surface area contributed by atoms with E-state index in [-0.39, 0.29) is 0 Å². The van der Waals surface area contributed by atoms with E-state index in [1.807, 2.05) is 0 Å². The van der Waals surface area contributed by atoms with Crippen molar-refractivity contribution in [3.63, 3.8) is 0 Å². The molecular formula is C25H52S8. The molecule has 0 saturated heterocycles. The third kappa shape index (κ3) is 20.4. The fraction of sp³-hybridized carbons (Fsp3) is 1.00. The first-order chi connectivity index (χ1) is 15.8. The average molecular weight is 609 g/mol. The number of hydrogen-bond donors (Lipinski definition) is 4. The zero-order valence-corrected chi connectivity index (χ0v) is 28.4. The summed E-state index contributed by atoms with van der Waals surface area (Å²) in [5.74, 6) is 9.62. The lowest BCUT2D eigenvalue weighted by molar-refractivity contribution is 0.515. The van der Waals surface area contributed by atoms with Gasteiger partial charge in [-0.15, -0.1) is 0 Å². The summed E-state index contributed by atoms with van der Waals surface area (Å²) in [6, 6.07) is 0. The van der Waals surface area contributed by atoms with E-state index >= 15 is 0 Å². The van der Waals surface area contributed by atoms with Gasteiger partial charge in [0.1, 0.15) is 0 Å². The molecule has 0 radical (unpaired) electrons. The molecule has 8 heteroatoms. The van der Waals surface area contributed by atoms with Crippen LogP contribution in [0.2, 0.25) is 0 Å². The molecule has 0 aliphatic carbocycles. The van der Waals surface area contributed by atoms with Crippen molar-refractivity contribution in [2.75, 3.05) is 46.0 Å². The van der Waals surface area contributed by atoms with E-state index in [0.29, 0.717) is 26.4 Å². The lowest BCUT2D eigenvalue weighted by Gasteiger charge is -2.34. The van der Waals surface area contributed by atoms with Crippen molar-refractivity contribution < 1.29 is 0 Å². The maximum absolute atomic E-state index is 4.84. The fourth-order valence-corrected chi connectivity index (χ4v) is 11.8. The van der Waals surface area contributed by atoms with Gasteiger partial charge in [-0.05, 0) is 25.7 Å². The molecule has 0 aromatic carbocycles. The summed E-state index contributed by atoms with van der Waals surface area (Å²) >= 11 is 27.9. The molecule has 0 aliphatic heterocycles.